The van der Waals surface area contributed by atoms with E-state index >= 15 is 0 Å². The summed E-state index contributed by atoms with van der Waals surface area (Å²) < 4.78 is 15.6. The highest BCUT2D eigenvalue weighted by atomic mass is 16.5. The number of methoxy groups -OCH3 is 1. The van der Waals surface area contributed by atoms with E-state index in [9.17, 15) is 4.79 Å². The van der Waals surface area contributed by atoms with Crippen LogP contribution < -0.4 is 4.74 Å². The Bertz CT molecular complexity index is 574. The van der Waals surface area contributed by atoms with E-state index in [0.29, 0.717) is 18.0 Å². The van der Waals surface area contributed by atoms with Crippen LogP contribution in [0.3, 0.4) is 0 Å². The predicted molar refractivity (Wildman–Crippen MR) is 77.8 cm³/mol. The number of hydrogen-bond donors (Lipinski definition) is 0. The van der Waals surface area contributed by atoms with Gasteiger partial charge >= 0.3 is 5.97 Å². The summed E-state index contributed by atoms with van der Waals surface area (Å²) in [6.07, 6.45) is 3.77. The van der Waals surface area contributed by atoms with Crippen molar-refractivity contribution in [1.29, 1.82) is 0 Å². The van der Waals surface area contributed by atoms with Gasteiger partial charge in [-0.3, -0.25) is 4.79 Å². The summed E-state index contributed by atoms with van der Waals surface area (Å²) >= 11 is 0. The fourth-order valence-corrected chi connectivity index (χ4v) is 1.79. The third-order valence-electron chi connectivity index (χ3n) is 3.00. The molecule has 0 aliphatic carbocycles. The van der Waals surface area contributed by atoms with E-state index in [0.717, 1.165) is 24.2 Å². The number of ether oxygens (including phenoxy) is 2. The monoisotopic (exact) mass is 289 g/mol. The number of aromatic nitrogens is 1. The van der Waals surface area contributed by atoms with E-state index in [2.05, 4.69) is 4.98 Å². The van der Waals surface area contributed by atoms with Gasteiger partial charge in [-0.05, 0) is 30.7 Å². The molecule has 21 heavy (non-hydrogen) atoms. The second-order valence-electron chi connectivity index (χ2n) is 4.64. The Morgan fingerprint density at radius 3 is 2.71 bits per heavy atom. The number of rotatable bonds is 7. The first kappa shape index (κ1) is 15.1. The van der Waals surface area contributed by atoms with Gasteiger partial charge in [-0.15, -0.1) is 0 Å². The Morgan fingerprint density at radius 2 is 2.05 bits per heavy atom. The first-order chi connectivity index (χ1) is 10.2. The molecular weight excluding hydrogens is 270 g/mol. The molecule has 0 N–H and O–H groups in total. The number of carbonyl (C=O) groups is 1. The standard InChI is InChI=1S/C16H19NO4/c1-3-4-5-15(18)20-10-13-11-21-16(17-13)12-6-8-14(19-2)9-7-12/h6-9,11H,3-5,10H2,1-2H3. The van der Waals surface area contributed by atoms with Crippen molar-refractivity contribution in [2.45, 2.75) is 32.8 Å². The van der Waals surface area contributed by atoms with Crippen LogP contribution in [0, 0.1) is 0 Å². The molecule has 0 fully saturated rings. The molecule has 1 aromatic carbocycles. The van der Waals surface area contributed by atoms with Gasteiger partial charge in [0.05, 0.1) is 7.11 Å². The first-order valence-electron chi connectivity index (χ1n) is 6.97. The summed E-state index contributed by atoms with van der Waals surface area (Å²) in [5.41, 5.74) is 1.45. The molecular formula is C16H19NO4. The number of benzene rings is 1. The zero-order chi connectivity index (χ0) is 15.1. The quantitative estimate of drug-likeness (QED) is 0.729. The molecule has 0 bridgehead atoms. The van der Waals surface area contributed by atoms with Gasteiger partial charge in [-0.2, -0.15) is 0 Å². The number of carbonyl (C=O) groups excluding carboxylic acids is 1. The molecule has 112 valence electrons. The number of unbranched alkanes of at least 4 members (excludes halogenated alkanes) is 1. The van der Waals surface area contributed by atoms with Gasteiger partial charge in [0.2, 0.25) is 5.89 Å². The molecule has 0 atom stereocenters. The second-order valence-corrected chi connectivity index (χ2v) is 4.64. The summed E-state index contributed by atoms with van der Waals surface area (Å²) in [6, 6.07) is 7.40. The molecule has 0 saturated carbocycles. The minimum Gasteiger partial charge on any atom is -0.497 e. The highest BCUT2D eigenvalue weighted by molar-refractivity contribution is 5.69. The third kappa shape index (κ3) is 4.34. The molecule has 0 spiro atoms. The zero-order valence-electron chi connectivity index (χ0n) is 12.3. The average molecular weight is 289 g/mol. The Kier molecular flexibility index (Phi) is 5.37. The van der Waals surface area contributed by atoms with Crippen LogP contribution in [0.1, 0.15) is 31.9 Å². The minimum atomic E-state index is -0.203. The summed E-state index contributed by atoms with van der Waals surface area (Å²) in [5.74, 6) is 1.07. The van der Waals surface area contributed by atoms with Gasteiger partial charge in [0, 0.05) is 12.0 Å². The van der Waals surface area contributed by atoms with Gasteiger partial charge in [0.1, 0.15) is 24.3 Å². The molecule has 0 amide bonds. The third-order valence-corrected chi connectivity index (χ3v) is 3.00. The summed E-state index contributed by atoms with van der Waals surface area (Å²) in [6.45, 7) is 2.17. The number of nitrogens with zero attached hydrogens (tertiary/aromatic N) is 1. The van der Waals surface area contributed by atoms with Gasteiger partial charge in [-0.25, -0.2) is 4.98 Å². The molecule has 0 saturated heterocycles. The molecule has 5 nitrogen and oxygen atoms in total. The van der Waals surface area contributed by atoms with E-state index in [1.54, 1.807) is 7.11 Å². The lowest BCUT2D eigenvalue weighted by Gasteiger charge is -2.01. The summed E-state index contributed by atoms with van der Waals surface area (Å²) in [4.78, 5) is 15.7. The van der Waals surface area contributed by atoms with Gasteiger partial charge in [0.15, 0.2) is 0 Å². The molecule has 2 rings (SSSR count). The molecule has 0 unspecified atom stereocenters. The number of oxazole rings is 1. The SMILES string of the molecule is CCCCC(=O)OCc1coc(-c2ccc(OC)cc2)n1. The van der Waals surface area contributed by atoms with Gasteiger partial charge in [-0.1, -0.05) is 13.3 Å². The van der Waals surface area contributed by atoms with Crippen molar-refractivity contribution in [2.24, 2.45) is 0 Å². The molecule has 0 radical (unpaired) electrons. The van der Waals surface area contributed by atoms with E-state index in [1.807, 2.05) is 31.2 Å². The van der Waals surface area contributed by atoms with Crippen LogP contribution >= 0.6 is 0 Å². The lowest BCUT2D eigenvalue weighted by molar-refractivity contribution is -0.145. The van der Waals surface area contributed by atoms with Crippen LogP contribution in [0.25, 0.3) is 11.5 Å². The van der Waals surface area contributed by atoms with E-state index < -0.39 is 0 Å². The Hall–Kier alpha value is -2.30. The highest BCUT2D eigenvalue weighted by Crippen LogP contribution is 2.22. The van der Waals surface area contributed by atoms with Crippen molar-refractivity contribution >= 4 is 5.97 Å². The van der Waals surface area contributed by atoms with Crippen LogP contribution in [0.5, 0.6) is 5.75 Å². The van der Waals surface area contributed by atoms with Gasteiger partial charge < -0.3 is 13.9 Å². The van der Waals surface area contributed by atoms with Crippen molar-refractivity contribution in [3.8, 4) is 17.2 Å². The fourth-order valence-electron chi connectivity index (χ4n) is 1.79. The normalized spacial score (nSPS) is 10.4. The largest absolute Gasteiger partial charge is 0.497 e. The molecule has 0 aliphatic heterocycles. The Morgan fingerprint density at radius 1 is 1.29 bits per heavy atom. The topological polar surface area (TPSA) is 61.6 Å². The highest BCUT2D eigenvalue weighted by Gasteiger charge is 2.09. The van der Waals surface area contributed by atoms with Crippen LogP contribution in [0.4, 0.5) is 0 Å². The zero-order valence-corrected chi connectivity index (χ0v) is 12.3. The Balaban J connectivity index is 1.92. The summed E-state index contributed by atoms with van der Waals surface area (Å²) in [7, 11) is 1.62. The van der Waals surface area contributed by atoms with Crippen LogP contribution in [0.15, 0.2) is 34.9 Å². The van der Waals surface area contributed by atoms with E-state index in [4.69, 9.17) is 13.9 Å². The lowest BCUT2D eigenvalue weighted by Crippen LogP contribution is -2.04. The number of esters is 1. The molecule has 0 aliphatic rings. The van der Waals surface area contributed by atoms with Crippen molar-refractivity contribution in [3.63, 3.8) is 0 Å². The van der Waals surface area contributed by atoms with Crippen LogP contribution in [-0.4, -0.2) is 18.1 Å². The maximum Gasteiger partial charge on any atom is 0.306 e. The van der Waals surface area contributed by atoms with Crippen molar-refractivity contribution in [2.75, 3.05) is 7.11 Å². The first-order valence-corrected chi connectivity index (χ1v) is 6.97. The lowest BCUT2D eigenvalue weighted by atomic mass is 10.2. The van der Waals surface area contributed by atoms with E-state index in [1.165, 1.54) is 6.26 Å². The maximum atomic E-state index is 11.4. The maximum absolute atomic E-state index is 11.4. The smallest absolute Gasteiger partial charge is 0.306 e. The average Bonchev–Trinajstić information content (AvgIpc) is 3.00. The van der Waals surface area contributed by atoms with Crippen molar-refractivity contribution in [1.82, 2.24) is 4.98 Å². The van der Waals surface area contributed by atoms with Crippen molar-refractivity contribution < 1.29 is 18.7 Å². The molecule has 2 aromatic rings. The summed E-state index contributed by atoms with van der Waals surface area (Å²) in [5, 5.41) is 0. The molecule has 1 aromatic heterocycles. The predicted octanol–water partition coefficient (Wildman–Crippen LogP) is 3.58. The van der Waals surface area contributed by atoms with Gasteiger partial charge in [0.25, 0.3) is 0 Å². The second kappa shape index (κ2) is 7.47. The van der Waals surface area contributed by atoms with Crippen molar-refractivity contribution in [3.05, 3.63) is 36.2 Å². The Labute approximate surface area is 123 Å². The van der Waals surface area contributed by atoms with Crippen LogP contribution in [0.2, 0.25) is 0 Å². The number of hydrogen-bond acceptors (Lipinski definition) is 5. The fraction of sp³-hybridized carbons (Fsp3) is 0.375. The van der Waals surface area contributed by atoms with Crippen LogP contribution in [-0.2, 0) is 16.1 Å². The molecule has 5 heteroatoms. The molecule has 1 heterocycles. The van der Waals surface area contributed by atoms with E-state index in [-0.39, 0.29) is 12.6 Å². The minimum absolute atomic E-state index is 0.141.